The molecule has 1 aliphatic rings. The molecule has 154 valence electrons. The van der Waals surface area contributed by atoms with Crippen molar-refractivity contribution in [2.45, 2.75) is 45.3 Å². The first kappa shape index (κ1) is 20.2. The monoisotopic (exact) mass is 400 g/mol. The van der Waals surface area contributed by atoms with Gasteiger partial charge in [0, 0.05) is 29.3 Å². The molecule has 0 radical (unpaired) electrons. The van der Waals surface area contributed by atoms with Gasteiger partial charge in [0.05, 0.1) is 24.8 Å². The maximum atomic E-state index is 12.8. The minimum absolute atomic E-state index is 0.0415. The lowest BCUT2D eigenvalue weighted by atomic mass is 9.94. The fraction of sp³-hybridized carbons (Fsp3) is 0.360. The zero-order valence-electron chi connectivity index (χ0n) is 17.6. The molecule has 5 nitrogen and oxygen atoms in total. The van der Waals surface area contributed by atoms with E-state index in [0.717, 1.165) is 12.1 Å². The molecular weight excluding hydrogens is 372 g/mol. The van der Waals surface area contributed by atoms with E-state index in [1.807, 2.05) is 24.4 Å². The van der Waals surface area contributed by atoms with Crippen LogP contribution < -0.4 is 10.6 Å². The Morgan fingerprint density at radius 3 is 2.93 bits per heavy atom. The van der Waals surface area contributed by atoms with Crippen molar-refractivity contribution in [2.24, 2.45) is 5.92 Å². The van der Waals surface area contributed by atoms with Gasteiger partial charge in [0.2, 0.25) is 5.91 Å². The Hall–Kier alpha value is -3.10. The van der Waals surface area contributed by atoms with Gasteiger partial charge in [0.1, 0.15) is 0 Å². The molecule has 4 rings (SSSR count). The molecule has 5 heteroatoms. The summed E-state index contributed by atoms with van der Waals surface area (Å²) >= 11 is 0. The van der Waals surface area contributed by atoms with Gasteiger partial charge in [-0.05, 0) is 48.1 Å². The number of amides is 1. The van der Waals surface area contributed by atoms with Gasteiger partial charge in [-0.3, -0.25) is 15.1 Å². The van der Waals surface area contributed by atoms with E-state index in [9.17, 15) is 4.79 Å². The minimum Gasteiger partial charge on any atom is -0.344 e. The lowest BCUT2D eigenvalue weighted by molar-refractivity contribution is -0.123. The second-order valence-electron chi connectivity index (χ2n) is 8.37. The third kappa shape index (κ3) is 4.10. The lowest BCUT2D eigenvalue weighted by Gasteiger charge is -2.25. The van der Waals surface area contributed by atoms with Gasteiger partial charge < -0.3 is 9.88 Å². The third-order valence-corrected chi connectivity index (χ3v) is 5.67. The number of hydrogen-bond donors (Lipinski definition) is 2. The van der Waals surface area contributed by atoms with Gasteiger partial charge in [-0.25, -0.2) is 0 Å². The topological polar surface area (TPSA) is 59.0 Å². The molecule has 0 fully saturated rings. The summed E-state index contributed by atoms with van der Waals surface area (Å²) in [6, 6.07) is 12.3. The number of hydrogen-bond acceptors (Lipinski definition) is 3. The van der Waals surface area contributed by atoms with Crippen molar-refractivity contribution in [1.29, 1.82) is 0 Å². The van der Waals surface area contributed by atoms with Crippen molar-refractivity contribution in [3.63, 3.8) is 0 Å². The average Bonchev–Trinajstić information content (AvgIpc) is 3.00. The first-order valence-corrected chi connectivity index (χ1v) is 10.5. The summed E-state index contributed by atoms with van der Waals surface area (Å²) in [6.07, 6.45) is 10.9. The SMILES string of the molecule is C#CCNC(=O)[C@@H]1Cc2cn(Cc3ccccn3)c3cccc(c23)[C@H](CC(C)C)N1. The molecule has 0 bridgehead atoms. The Morgan fingerprint density at radius 1 is 1.33 bits per heavy atom. The van der Waals surface area contributed by atoms with E-state index in [1.165, 1.54) is 22.0 Å². The summed E-state index contributed by atoms with van der Waals surface area (Å²) in [7, 11) is 0. The first-order chi connectivity index (χ1) is 14.6. The van der Waals surface area contributed by atoms with Crippen LogP contribution in [0.5, 0.6) is 0 Å². The molecule has 0 saturated heterocycles. The molecule has 2 N–H and O–H groups in total. The van der Waals surface area contributed by atoms with Gasteiger partial charge in [-0.2, -0.15) is 0 Å². The molecular formula is C25H28N4O. The maximum Gasteiger partial charge on any atom is 0.238 e. The van der Waals surface area contributed by atoms with Crippen LogP contribution in [0.25, 0.3) is 10.9 Å². The molecule has 3 aromatic rings. The second-order valence-corrected chi connectivity index (χ2v) is 8.37. The molecule has 1 aromatic carbocycles. The van der Waals surface area contributed by atoms with Crippen LogP contribution in [0.3, 0.4) is 0 Å². The molecule has 1 aliphatic heterocycles. The number of terminal acetylenes is 1. The number of benzene rings is 1. The fourth-order valence-corrected chi connectivity index (χ4v) is 4.42. The van der Waals surface area contributed by atoms with Crippen LogP contribution in [0.15, 0.2) is 48.8 Å². The Labute approximate surface area is 177 Å². The van der Waals surface area contributed by atoms with Gasteiger partial charge in [-0.1, -0.05) is 38.0 Å². The third-order valence-electron chi connectivity index (χ3n) is 5.67. The summed E-state index contributed by atoms with van der Waals surface area (Å²) in [5, 5.41) is 7.73. The first-order valence-electron chi connectivity index (χ1n) is 10.5. The Morgan fingerprint density at radius 2 is 2.20 bits per heavy atom. The number of carbonyl (C=O) groups is 1. The van der Waals surface area contributed by atoms with Crippen molar-refractivity contribution in [2.75, 3.05) is 6.54 Å². The summed E-state index contributed by atoms with van der Waals surface area (Å²) in [4.78, 5) is 17.3. The van der Waals surface area contributed by atoms with E-state index in [1.54, 1.807) is 0 Å². The van der Waals surface area contributed by atoms with Crippen molar-refractivity contribution in [3.8, 4) is 12.3 Å². The molecule has 2 atom stereocenters. The van der Waals surface area contributed by atoms with E-state index in [4.69, 9.17) is 6.42 Å². The van der Waals surface area contributed by atoms with Crippen LogP contribution in [0, 0.1) is 18.3 Å². The highest BCUT2D eigenvalue weighted by Gasteiger charge is 2.30. The lowest BCUT2D eigenvalue weighted by Crippen LogP contribution is -2.46. The number of pyridine rings is 1. The van der Waals surface area contributed by atoms with Crippen LogP contribution in [0.4, 0.5) is 0 Å². The van der Waals surface area contributed by atoms with E-state index in [2.05, 4.69) is 64.3 Å². The normalized spacial score (nSPS) is 18.2. The number of nitrogens with zero attached hydrogens (tertiary/aromatic N) is 2. The second kappa shape index (κ2) is 8.73. The molecule has 0 saturated carbocycles. The molecule has 0 unspecified atom stereocenters. The quantitative estimate of drug-likeness (QED) is 0.623. The zero-order valence-corrected chi connectivity index (χ0v) is 17.6. The van der Waals surface area contributed by atoms with E-state index in [-0.39, 0.29) is 24.5 Å². The summed E-state index contributed by atoms with van der Waals surface area (Å²) < 4.78 is 2.25. The number of aromatic nitrogens is 2. The van der Waals surface area contributed by atoms with Crippen molar-refractivity contribution < 1.29 is 4.79 Å². The van der Waals surface area contributed by atoms with E-state index < -0.39 is 0 Å². The number of carbonyl (C=O) groups excluding carboxylic acids is 1. The van der Waals surface area contributed by atoms with Crippen molar-refractivity contribution >= 4 is 16.8 Å². The smallest absolute Gasteiger partial charge is 0.238 e. The molecule has 0 aliphatic carbocycles. The fourth-order valence-electron chi connectivity index (χ4n) is 4.42. The summed E-state index contributed by atoms with van der Waals surface area (Å²) in [5.74, 6) is 2.96. The average molecular weight is 401 g/mol. The molecule has 30 heavy (non-hydrogen) atoms. The molecule has 3 heterocycles. The Balaban J connectivity index is 1.77. The number of nitrogens with one attached hydrogen (secondary N) is 2. The highest BCUT2D eigenvalue weighted by atomic mass is 16.2. The maximum absolute atomic E-state index is 12.8. The highest BCUT2D eigenvalue weighted by Crippen LogP contribution is 2.36. The van der Waals surface area contributed by atoms with Gasteiger partial charge >= 0.3 is 0 Å². The van der Waals surface area contributed by atoms with Crippen LogP contribution in [-0.4, -0.2) is 28.0 Å². The van der Waals surface area contributed by atoms with Gasteiger partial charge in [0.15, 0.2) is 0 Å². The standard InChI is InChI=1S/C25H28N4O/c1-4-11-27-25(30)22-14-18-15-29(16-19-8-5-6-12-26-19)23-10-7-9-20(24(18)23)21(28-22)13-17(2)3/h1,5-10,12,15,17,21-22,28H,11,13-14,16H2,2-3H3,(H,27,30)/t21-,22-/m0/s1. The van der Waals surface area contributed by atoms with Crippen LogP contribution in [0.2, 0.25) is 0 Å². The molecule has 2 aromatic heterocycles. The summed E-state index contributed by atoms with van der Waals surface area (Å²) in [6.45, 7) is 5.38. The van der Waals surface area contributed by atoms with E-state index in [0.29, 0.717) is 18.9 Å². The minimum atomic E-state index is -0.316. The zero-order chi connectivity index (χ0) is 21.1. The van der Waals surface area contributed by atoms with Crippen molar-refractivity contribution in [3.05, 3.63) is 65.6 Å². The summed E-state index contributed by atoms with van der Waals surface area (Å²) in [5.41, 5.74) is 4.66. The van der Waals surface area contributed by atoms with Crippen LogP contribution in [0.1, 0.15) is 43.1 Å². The largest absolute Gasteiger partial charge is 0.344 e. The predicted octanol–water partition coefficient (Wildman–Crippen LogP) is 3.44. The highest BCUT2D eigenvalue weighted by molar-refractivity contribution is 5.90. The predicted molar refractivity (Wildman–Crippen MR) is 120 cm³/mol. The van der Waals surface area contributed by atoms with Gasteiger partial charge in [0.25, 0.3) is 0 Å². The van der Waals surface area contributed by atoms with Gasteiger partial charge in [-0.15, -0.1) is 6.42 Å². The molecule has 0 spiro atoms. The Kier molecular flexibility index (Phi) is 5.87. The number of rotatable bonds is 6. The van der Waals surface area contributed by atoms with Crippen LogP contribution in [-0.2, 0) is 17.8 Å². The molecule has 1 amide bonds. The van der Waals surface area contributed by atoms with E-state index >= 15 is 0 Å². The van der Waals surface area contributed by atoms with Crippen LogP contribution >= 0.6 is 0 Å². The Bertz CT molecular complexity index is 1080. The van der Waals surface area contributed by atoms with Crippen molar-refractivity contribution in [1.82, 2.24) is 20.2 Å².